The Morgan fingerprint density at radius 3 is 2.43 bits per heavy atom. The molecular formula is C15H14ClFN2O3S. The third-order valence-corrected chi connectivity index (χ3v) is 4.72. The normalized spacial score (nSPS) is 12.7. The van der Waals surface area contributed by atoms with Gasteiger partial charge in [-0.1, -0.05) is 17.7 Å². The highest BCUT2D eigenvalue weighted by atomic mass is 35.5. The lowest BCUT2D eigenvalue weighted by molar-refractivity contribution is -0.117. The molecule has 0 unspecified atom stereocenters. The number of hydrogen-bond acceptors (Lipinski definition) is 3. The Bertz CT molecular complexity index is 810. The molecule has 0 saturated carbocycles. The van der Waals surface area contributed by atoms with E-state index in [1.807, 2.05) is 0 Å². The molecule has 0 bridgehead atoms. The summed E-state index contributed by atoms with van der Waals surface area (Å²) < 4.78 is 39.5. The quantitative estimate of drug-likeness (QED) is 0.865. The van der Waals surface area contributed by atoms with Crippen molar-refractivity contribution in [1.29, 1.82) is 0 Å². The highest BCUT2D eigenvalue weighted by molar-refractivity contribution is 7.89. The number of hydrogen-bond donors (Lipinski definition) is 2. The largest absolute Gasteiger partial charge is 0.325 e. The standard InChI is InChI=1S/C15H14ClFN2O3S/c1-10(15(20)18-13-7-5-12(17)6-8-13)19-23(21,22)14-4-2-3-11(16)9-14/h2-10,19H,1H3,(H,18,20)/t10-/m0/s1. The van der Waals surface area contributed by atoms with Gasteiger partial charge in [-0.3, -0.25) is 4.79 Å². The van der Waals surface area contributed by atoms with Crippen molar-refractivity contribution in [3.05, 3.63) is 59.4 Å². The maximum absolute atomic E-state index is 12.8. The number of amides is 1. The molecule has 1 atom stereocenters. The van der Waals surface area contributed by atoms with Crippen LogP contribution >= 0.6 is 11.6 Å². The second-order valence-electron chi connectivity index (χ2n) is 4.80. The first-order valence-corrected chi connectivity index (χ1v) is 8.48. The molecule has 0 aliphatic carbocycles. The van der Waals surface area contributed by atoms with E-state index in [1.54, 1.807) is 6.07 Å². The number of halogens is 2. The summed E-state index contributed by atoms with van der Waals surface area (Å²) in [4.78, 5) is 12.0. The molecule has 0 aromatic heterocycles. The molecule has 0 heterocycles. The van der Waals surface area contributed by atoms with Crippen LogP contribution in [0.2, 0.25) is 5.02 Å². The number of nitrogens with one attached hydrogen (secondary N) is 2. The van der Waals surface area contributed by atoms with Crippen molar-refractivity contribution in [3.8, 4) is 0 Å². The Kier molecular flexibility index (Phi) is 5.35. The van der Waals surface area contributed by atoms with Crippen LogP contribution in [0.3, 0.4) is 0 Å². The summed E-state index contributed by atoms with van der Waals surface area (Å²) in [5, 5.41) is 2.77. The Morgan fingerprint density at radius 1 is 1.17 bits per heavy atom. The van der Waals surface area contributed by atoms with Gasteiger partial charge in [0.1, 0.15) is 5.82 Å². The van der Waals surface area contributed by atoms with E-state index >= 15 is 0 Å². The van der Waals surface area contributed by atoms with Crippen LogP contribution in [0.5, 0.6) is 0 Å². The van der Waals surface area contributed by atoms with Gasteiger partial charge in [-0.25, -0.2) is 12.8 Å². The second kappa shape index (κ2) is 7.08. The summed E-state index contributed by atoms with van der Waals surface area (Å²) in [6.45, 7) is 1.40. The third kappa shape index (κ3) is 4.75. The molecule has 1 amide bonds. The zero-order valence-electron chi connectivity index (χ0n) is 12.1. The number of rotatable bonds is 5. The van der Waals surface area contributed by atoms with Crippen LogP contribution in [0, 0.1) is 5.82 Å². The van der Waals surface area contributed by atoms with Gasteiger partial charge in [-0.05, 0) is 49.4 Å². The maximum atomic E-state index is 12.8. The SMILES string of the molecule is C[C@H](NS(=O)(=O)c1cccc(Cl)c1)C(=O)Nc1ccc(F)cc1. The predicted octanol–water partition coefficient (Wildman–Crippen LogP) is 2.78. The zero-order chi connectivity index (χ0) is 17.0. The van der Waals surface area contributed by atoms with Gasteiger partial charge in [0.25, 0.3) is 0 Å². The van der Waals surface area contributed by atoms with Crippen molar-refractivity contribution in [2.24, 2.45) is 0 Å². The molecule has 2 aromatic carbocycles. The fourth-order valence-electron chi connectivity index (χ4n) is 1.77. The Hall–Kier alpha value is -1.96. The molecular weight excluding hydrogens is 343 g/mol. The van der Waals surface area contributed by atoms with Crippen LogP contribution in [0.4, 0.5) is 10.1 Å². The van der Waals surface area contributed by atoms with Gasteiger partial charge >= 0.3 is 0 Å². The minimum absolute atomic E-state index is 0.0357. The van der Waals surface area contributed by atoms with Gasteiger partial charge in [0.2, 0.25) is 15.9 Å². The fraction of sp³-hybridized carbons (Fsp3) is 0.133. The predicted molar refractivity (Wildman–Crippen MR) is 86.3 cm³/mol. The van der Waals surface area contributed by atoms with E-state index in [0.29, 0.717) is 5.69 Å². The van der Waals surface area contributed by atoms with Crippen LogP contribution in [-0.2, 0) is 14.8 Å². The molecule has 0 fully saturated rings. The molecule has 5 nitrogen and oxygen atoms in total. The van der Waals surface area contributed by atoms with E-state index in [0.717, 1.165) is 0 Å². The number of anilines is 1. The minimum atomic E-state index is -3.88. The zero-order valence-corrected chi connectivity index (χ0v) is 13.7. The molecule has 0 spiro atoms. The lowest BCUT2D eigenvalue weighted by Crippen LogP contribution is -2.41. The minimum Gasteiger partial charge on any atom is -0.325 e. The van der Waals surface area contributed by atoms with Gasteiger partial charge in [0.05, 0.1) is 10.9 Å². The topological polar surface area (TPSA) is 75.3 Å². The molecule has 0 saturated heterocycles. The van der Waals surface area contributed by atoms with Gasteiger partial charge in [0, 0.05) is 10.7 Å². The highest BCUT2D eigenvalue weighted by Crippen LogP contribution is 2.16. The van der Waals surface area contributed by atoms with Crippen LogP contribution in [0.25, 0.3) is 0 Å². The van der Waals surface area contributed by atoms with E-state index in [1.165, 1.54) is 49.4 Å². The van der Waals surface area contributed by atoms with E-state index in [-0.39, 0.29) is 9.92 Å². The fourth-order valence-corrected chi connectivity index (χ4v) is 3.28. The maximum Gasteiger partial charge on any atom is 0.242 e. The third-order valence-electron chi connectivity index (χ3n) is 2.94. The Morgan fingerprint density at radius 2 is 1.83 bits per heavy atom. The number of benzene rings is 2. The average molecular weight is 357 g/mol. The molecule has 8 heteroatoms. The molecule has 0 aliphatic heterocycles. The van der Waals surface area contributed by atoms with E-state index in [9.17, 15) is 17.6 Å². The van der Waals surface area contributed by atoms with Crippen molar-refractivity contribution in [1.82, 2.24) is 4.72 Å². The summed E-state index contributed by atoms with van der Waals surface area (Å²) in [6.07, 6.45) is 0. The molecule has 0 radical (unpaired) electrons. The van der Waals surface area contributed by atoms with Gasteiger partial charge in [-0.2, -0.15) is 4.72 Å². The monoisotopic (exact) mass is 356 g/mol. The van der Waals surface area contributed by atoms with Gasteiger partial charge in [-0.15, -0.1) is 0 Å². The Labute approximate surface area is 138 Å². The summed E-state index contributed by atoms with van der Waals surface area (Å²) in [6, 6.07) is 9.83. The summed E-state index contributed by atoms with van der Waals surface area (Å²) in [7, 11) is -3.88. The smallest absolute Gasteiger partial charge is 0.242 e. The molecule has 0 aliphatic rings. The Balaban J connectivity index is 2.06. The van der Waals surface area contributed by atoms with Crippen molar-refractivity contribution in [2.45, 2.75) is 17.9 Å². The average Bonchev–Trinajstić information content (AvgIpc) is 2.49. The van der Waals surface area contributed by atoms with Crippen molar-refractivity contribution in [2.75, 3.05) is 5.32 Å². The molecule has 2 N–H and O–H groups in total. The molecule has 2 rings (SSSR count). The molecule has 2 aromatic rings. The first kappa shape index (κ1) is 17.4. The van der Waals surface area contributed by atoms with Crippen molar-refractivity contribution >= 4 is 33.2 Å². The first-order valence-electron chi connectivity index (χ1n) is 6.62. The van der Waals surface area contributed by atoms with E-state index < -0.39 is 27.8 Å². The van der Waals surface area contributed by atoms with E-state index in [4.69, 9.17) is 11.6 Å². The second-order valence-corrected chi connectivity index (χ2v) is 6.95. The van der Waals surface area contributed by atoms with Gasteiger partial charge in [0.15, 0.2) is 0 Å². The first-order chi connectivity index (χ1) is 10.8. The van der Waals surface area contributed by atoms with Crippen molar-refractivity contribution < 1.29 is 17.6 Å². The number of sulfonamides is 1. The lowest BCUT2D eigenvalue weighted by atomic mass is 10.3. The summed E-state index contributed by atoms with van der Waals surface area (Å²) in [5.41, 5.74) is 0.366. The van der Waals surface area contributed by atoms with Crippen LogP contribution < -0.4 is 10.0 Å². The molecule has 23 heavy (non-hydrogen) atoms. The van der Waals surface area contributed by atoms with E-state index in [2.05, 4.69) is 10.0 Å². The van der Waals surface area contributed by atoms with Crippen LogP contribution in [-0.4, -0.2) is 20.4 Å². The summed E-state index contributed by atoms with van der Waals surface area (Å²) >= 11 is 5.77. The number of carbonyl (C=O) groups is 1. The van der Waals surface area contributed by atoms with Crippen LogP contribution in [0.1, 0.15) is 6.92 Å². The summed E-state index contributed by atoms with van der Waals surface area (Å²) in [5.74, 6) is -1.00. The lowest BCUT2D eigenvalue weighted by Gasteiger charge is -2.14. The van der Waals surface area contributed by atoms with Crippen molar-refractivity contribution in [3.63, 3.8) is 0 Å². The number of carbonyl (C=O) groups excluding carboxylic acids is 1. The van der Waals surface area contributed by atoms with Crippen LogP contribution in [0.15, 0.2) is 53.4 Å². The molecule has 122 valence electrons. The van der Waals surface area contributed by atoms with Gasteiger partial charge < -0.3 is 5.32 Å². The highest BCUT2D eigenvalue weighted by Gasteiger charge is 2.22.